The van der Waals surface area contributed by atoms with Crippen molar-refractivity contribution in [2.24, 2.45) is 10.9 Å². The summed E-state index contributed by atoms with van der Waals surface area (Å²) in [5.74, 6) is -0.431. The zero-order chi connectivity index (χ0) is 22.4. The van der Waals surface area contributed by atoms with Gasteiger partial charge in [-0.2, -0.15) is 0 Å². The molecule has 1 aliphatic heterocycles. The van der Waals surface area contributed by atoms with E-state index in [0.717, 1.165) is 28.8 Å². The number of rotatable bonds is 9. The number of ketones is 1. The number of aryl methyl sites for hydroxylation is 2. The van der Waals surface area contributed by atoms with Crippen molar-refractivity contribution in [3.05, 3.63) is 82.4 Å². The molecule has 4 nitrogen and oxygen atoms in total. The van der Waals surface area contributed by atoms with Gasteiger partial charge in [-0.3, -0.25) is 9.79 Å². The molecule has 1 aliphatic rings. The molecule has 2 atom stereocenters. The number of ether oxygens (including phenoxy) is 1. The molecule has 2 aromatic carbocycles. The van der Waals surface area contributed by atoms with Gasteiger partial charge in [-0.15, -0.1) is 0 Å². The number of hydrogen-bond donors (Lipinski definition) is 0. The van der Waals surface area contributed by atoms with E-state index >= 15 is 0 Å². The van der Waals surface area contributed by atoms with Gasteiger partial charge in [-0.25, -0.2) is 4.79 Å². The standard InChI is InChI=1S/C27H31NO3/c1-5-20-8-7-9-21(15-20)14-19(4)26(29)17-25-23(27(30)31-6-2)16-24(28-25)22-12-10-18(3)11-13-22/h7-13,15-16,19,25H,5-6,14,17H2,1-4H3. The van der Waals surface area contributed by atoms with Gasteiger partial charge in [0, 0.05) is 12.3 Å². The number of carbonyl (C=O) groups excluding carboxylic acids is 2. The highest BCUT2D eigenvalue weighted by Gasteiger charge is 2.31. The Labute approximate surface area is 185 Å². The van der Waals surface area contributed by atoms with E-state index in [1.165, 1.54) is 5.56 Å². The van der Waals surface area contributed by atoms with E-state index < -0.39 is 12.0 Å². The van der Waals surface area contributed by atoms with Crippen LogP contribution >= 0.6 is 0 Å². The van der Waals surface area contributed by atoms with Gasteiger partial charge >= 0.3 is 5.97 Å². The van der Waals surface area contributed by atoms with Gasteiger partial charge in [0.1, 0.15) is 5.78 Å². The van der Waals surface area contributed by atoms with Crippen LogP contribution in [0.5, 0.6) is 0 Å². The number of benzene rings is 2. The molecule has 2 unspecified atom stereocenters. The summed E-state index contributed by atoms with van der Waals surface area (Å²) in [4.78, 5) is 30.3. The maximum atomic E-state index is 13.0. The number of allylic oxidation sites excluding steroid dienone is 1. The first-order chi connectivity index (χ1) is 14.9. The van der Waals surface area contributed by atoms with E-state index in [0.29, 0.717) is 18.6 Å². The van der Waals surface area contributed by atoms with Crippen LogP contribution in [0, 0.1) is 12.8 Å². The summed E-state index contributed by atoms with van der Waals surface area (Å²) in [5, 5.41) is 0. The van der Waals surface area contributed by atoms with Crippen molar-refractivity contribution in [3.8, 4) is 0 Å². The number of Topliss-reactive ketones (excluding diaryl/α,β-unsaturated/α-hetero) is 1. The molecular formula is C27H31NO3. The Hall–Kier alpha value is -3.01. The first kappa shape index (κ1) is 22.7. The van der Waals surface area contributed by atoms with Crippen LogP contribution in [0.15, 0.2) is 65.2 Å². The molecule has 4 heteroatoms. The van der Waals surface area contributed by atoms with Crippen LogP contribution in [-0.4, -0.2) is 30.1 Å². The largest absolute Gasteiger partial charge is 0.463 e. The minimum Gasteiger partial charge on any atom is -0.463 e. The molecule has 1 heterocycles. The summed E-state index contributed by atoms with van der Waals surface area (Å²) in [6.07, 6.45) is 3.64. The molecule has 0 aromatic heterocycles. The Morgan fingerprint density at radius 1 is 1.06 bits per heavy atom. The van der Waals surface area contributed by atoms with Crippen LogP contribution in [0.4, 0.5) is 0 Å². The van der Waals surface area contributed by atoms with Gasteiger partial charge in [-0.05, 0) is 49.5 Å². The molecule has 2 aromatic rings. The van der Waals surface area contributed by atoms with E-state index in [2.05, 4.69) is 25.1 Å². The van der Waals surface area contributed by atoms with E-state index in [1.54, 1.807) is 13.0 Å². The Morgan fingerprint density at radius 3 is 2.45 bits per heavy atom. The van der Waals surface area contributed by atoms with Crippen molar-refractivity contribution in [2.45, 2.75) is 53.0 Å². The number of hydrogen-bond acceptors (Lipinski definition) is 4. The van der Waals surface area contributed by atoms with E-state index in [4.69, 9.17) is 9.73 Å². The van der Waals surface area contributed by atoms with Gasteiger partial charge in [0.2, 0.25) is 0 Å². The molecule has 0 aliphatic carbocycles. The lowest BCUT2D eigenvalue weighted by Crippen LogP contribution is -2.23. The molecule has 0 bridgehead atoms. The van der Waals surface area contributed by atoms with E-state index in [-0.39, 0.29) is 18.1 Å². The topological polar surface area (TPSA) is 55.7 Å². The maximum absolute atomic E-state index is 13.0. The minimum atomic E-state index is -0.493. The molecule has 0 radical (unpaired) electrons. The molecule has 0 fully saturated rings. The Morgan fingerprint density at radius 2 is 1.77 bits per heavy atom. The maximum Gasteiger partial charge on any atom is 0.336 e. The summed E-state index contributed by atoms with van der Waals surface area (Å²) in [6.45, 7) is 8.18. The smallest absolute Gasteiger partial charge is 0.336 e. The Bertz CT molecular complexity index is 1000. The summed E-state index contributed by atoms with van der Waals surface area (Å²) < 4.78 is 5.23. The van der Waals surface area contributed by atoms with Gasteiger partial charge in [-0.1, -0.05) is 67.9 Å². The molecule has 0 N–H and O–H groups in total. The zero-order valence-electron chi connectivity index (χ0n) is 18.9. The molecule has 0 spiro atoms. The lowest BCUT2D eigenvalue weighted by molar-refractivity contribution is -0.138. The Kier molecular flexibility index (Phi) is 7.56. The van der Waals surface area contributed by atoms with Crippen molar-refractivity contribution < 1.29 is 14.3 Å². The zero-order valence-corrected chi connectivity index (χ0v) is 18.9. The van der Waals surface area contributed by atoms with Crippen LogP contribution in [0.1, 0.15) is 49.4 Å². The molecule has 162 valence electrons. The third-order valence-electron chi connectivity index (χ3n) is 5.69. The number of aliphatic imine (C=N–C) groups is 1. The van der Waals surface area contributed by atoms with Crippen LogP contribution < -0.4 is 0 Å². The monoisotopic (exact) mass is 417 g/mol. The lowest BCUT2D eigenvalue weighted by Gasteiger charge is -2.15. The first-order valence-electron chi connectivity index (χ1n) is 11.0. The van der Waals surface area contributed by atoms with Gasteiger partial charge in [0.05, 0.1) is 23.9 Å². The molecule has 0 saturated carbocycles. The highest BCUT2D eigenvalue weighted by molar-refractivity contribution is 6.15. The third-order valence-corrected chi connectivity index (χ3v) is 5.69. The lowest BCUT2D eigenvalue weighted by atomic mass is 9.91. The highest BCUT2D eigenvalue weighted by Crippen LogP contribution is 2.25. The molecule has 0 amide bonds. The predicted octanol–water partition coefficient (Wildman–Crippen LogP) is 5.06. The van der Waals surface area contributed by atoms with Crippen molar-refractivity contribution in [2.75, 3.05) is 6.61 Å². The third kappa shape index (κ3) is 5.78. The summed E-state index contributed by atoms with van der Waals surface area (Å²) >= 11 is 0. The van der Waals surface area contributed by atoms with Crippen molar-refractivity contribution in [3.63, 3.8) is 0 Å². The molecule has 31 heavy (non-hydrogen) atoms. The second kappa shape index (κ2) is 10.3. The number of nitrogens with zero attached hydrogens (tertiary/aromatic N) is 1. The van der Waals surface area contributed by atoms with Crippen LogP contribution in [0.3, 0.4) is 0 Å². The second-order valence-corrected chi connectivity index (χ2v) is 8.17. The van der Waals surface area contributed by atoms with E-state index in [9.17, 15) is 9.59 Å². The van der Waals surface area contributed by atoms with Crippen LogP contribution in [0.2, 0.25) is 0 Å². The average molecular weight is 418 g/mol. The van der Waals surface area contributed by atoms with Gasteiger partial charge in [0.25, 0.3) is 0 Å². The fourth-order valence-corrected chi connectivity index (χ4v) is 3.80. The minimum absolute atomic E-state index is 0.107. The number of esters is 1. The summed E-state index contributed by atoms with van der Waals surface area (Å²) in [6, 6.07) is 15.9. The first-order valence-corrected chi connectivity index (χ1v) is 11.0. The summed E-state index contributed by atoms with van der Waals surface area (Å²) in [5.41, 5.74) is 5.72. The van der Waals surface area contributed by atoms with Gasteiger partial charge < -0.3 is 4.74 Å². The molecular weight excluding hydrogens is 386 g/mol. The van der Waals surface area contributed by atoms with Crippen molar-refractivity contribution >= 4 is 17.5 Å². The molecule has 3 rings (SSSR count). The Balaban J connectivity index is 1.76. The van der Waals surface area contributed by atoms with Crippen LogP contribution in [0.25, 0.3) is 0 Å². The van der Waals surface area contributed by atoms with Crippen molar-refractivity contribution in [1.29, 1.82) is 0 Å². The summed E-state index contributed by atoms with van der Waals surface area (Å²) in [7, 11) is 0. The average Bonchev–Trinajstić information content (AvgIpc) is 3.18. The predicted molar refractivity (Wildman–Crippen MR) is 125 cm³/mol. The molecule has 0 saturated heterocycles. The van der Waals surface area contributed by atoms with Gasteiger partial charge in [0.15, 0.2) is 0 Å². The quantitative estimate of drug-likeness (QED) is 0.536. The number of carbonyl (C=O) groups is 2. The SMILES string of the molecule is CCOC(=O)C1=CC(c2ccc(C)cc2)=NC1CC(=O)C(C)Cc1cccc(CC)c1. The second-order valence-electron chi connectivity index (χ2n) is 8.17. The fraction of sp³-hybridized carbons (Fsp3) is 0.370. The van der Waals surface area contributed by atoms with Crippen molar-refractivity contribution in [1.82, 2.24) is 0 Å². The fourth-order valence-electron chi connectivity index (χ4n) is 3.80. The van der Waals surface area contributed by atoms with Crippen LogP contribution in [-0.2, 0) is 27.2 Å². The normalized spacial score (nSPS) is 16.5. The highest BCUT2D eigenvalue weighted by atomic mass is 16.5. The van der Waals surface area contributed by atoms with E-state index in [1.807, 2.05) is 44.2 Å².